The number of nitrogens with zero attached hydrogens (tertiary/aromatic N) is 2. The number of rotatable bonds is 9. The Labute approximate surface area is 149 Å². The zero-order chi connectivity index (χ0) is 17.5. The van der Waals surface area contributed by atoms with Crippen LogP contribution in [0.5, 0.6) is 5.75 Å². The summed E-state index contributed by atoms with van der Waals surface area (Å²) in [6.45, 7) is 3.74. The first-order valence-electron chi connectivity index (χ1n) is 9.18. The third-order valence-electron chi connectivity index (χ3n) is 4.42. The molecular weight excluding hydrogens is 310 g/mol. The Hall–Kier alpha value is -2.33. The van der Waals surface area contributed by atoms with Crippen molar-refractivity contribution in [2.45, 2.75) is 45.2 Å². The first kappa shape index (κ1) is 17.5. The number of unbranched alkanes of at least 4 members (excludes halogenated alkanes) is 1. The number of nitrogens with two attached hydrogens (primary N) is 1. The molecule has 0 spiro atoms. The van der Waals surface area contributed by atoms with E-state index in [4.69, 9.17) is 15.5 Å². The Morgan fingerprint density at radius 1 is 1.04 bits per heavy atom. The largest absolute Gasteiger partial charge is 0.494 e. The van der Waals surface area contributed by atoms with Gasteiger partial charge < -0.3 is 15.0 Å². The number of imidazole rings is 1. The highest BCUT2D eigenvalue weighted by Gasteiger charge is 2.16. The van der Waals surface area contributed by atoms with Gasteiger partial charge >= 0.3 is 0 Å². The summed E-state index contributed by atoms with van der Waals surface area (Å²) < 4.78 is 8.08. The zero-order valence-electron chi connectivity index (χ0n) is 14.9. The molecule has 0 bridgehead atoms. The van der Waals surface area contributed by atoms with Gasteiger partial charge in [-0.1, -0.05) is 50.1 Å². The Morgan fingerprint density at radius 3 is 2.60 bits per heavy atom. The molecule has 0 radical (unpaired) electrons. The summed E-state index contributed by atoms with van der Waals surface area (Å²) >= 11 is 0. The highest BCUT2D eigenvalue weighted by molar-refractivity contribution is 5.76. The number of hydrogen-bond acceptors (Lipinski definition) is 3. The van der Waals surface area contributed by atoms with Gasteiger partial charge in [0.1, 0.15) is 11.6 Å². The summed E-state index contributed by atoms with van der Waals surface area (Å²) in [5.74, 6) is 1.91. The maximum Gasteiger partial charge on any atom is 0.126 e. The SMILES string of the molecule is CCCCC(N)c1nc2ccccc2n1CCCOc1ccccc1. The maximum atomic E-state index is 6.43. The van der Waals surface area contributed by atoms with Gasteiger partial charge in [0.25, 0.3) is 0 Å². The summed E-state index contributed by atoms with van der Waals surface area (Å²) in [5.41, 5.74) is 8.60. The van der Waals surface area contributed by atoms with Crippen molar-refractivity contribution in [2.24, 2.45) is 5.73 Å². The fourth-order valence-electron chi connectivity index (χ4n) is 3.09. The van der Waals surface area contributed by atoms with Crippen LogP contribution in [-0.2, 0) is 6.54 Å². The molecule has 132 valence electrons. The second-order valence-corrected chi connectivity index (χ2v) is 6.37. The Balaban J connectivity index is 1.70. The molecule has 25 heavy (non-hydrogen) atoms. The third kappa shape index (κ3) is 4.40. The van der Waals surface area contributed by atoms with Gasteiger partial charge in [-0.05, 0) is 37.1 Å². The van der Waals surface area contributed by atoms with E-state index in [0.717, 1.165) is 54.8 Å². The Bertz CT molecular complexity index is 782. The smallest absolute Gasteiger partial charge is 0.126 e. The van der Waals surface area contributed by atoms with E-state index in [1.54, 1.807) is 0 Å². The van der Waals surface area contributed by atoms with Crippen LogP contribution in [0, 0.1) is 0 Å². The number of hydrogen-bond donors (Lipinski definition) is 1. The normalized spacial score (nSPS) is 12.4. The second kappa shape index (κ2) is 8.67. The molecule has 0 aliphatic carbocycles. The van der Waals surface area contributed by atoms with Gasteiger partial charge in [0.15, 0.2) is 0 Å². The van der Waals surface area contributed by atoms with Crippen LogP contribution in [0.3, 0.4) is 0 Å². The van der Waals surface area contributed by atoms with Gasteiger partial charge in [0, 0.05) is 6.54 Å². The van der Waals surface area contributed by atoms with Crippen molar-refractivity contribution < 1.29 is 4.74 Å². The minimum atomic E-state index is -0.0117. The van der Waals surface area contributed by atoms with E-state index in [2.05, 4.69) is 29.7 Å². The lowest BCUT2D eigenvalue weighted by atomic mass is 10.1. The number of benzene rings is 2. The molecule has 0 saturated heterocycles. The van der Waals surface area contributed by atoms with E-state index >= 15 is 0 Å². The molecule has 1 unspecified atom stereocenters. The minimum absolute atomic E-state index is 0.0117. The monoisotopic (exact) mass is 337 g/mol. The molecule has 0 aliphatic heterocycles. The highest BCUT2D eigenvalue weighted by atomic mass is 16.5. The molecule has 4 nitrogen and oxygen atoms in total. The molecule has 2 aromatic carbocycles. The second-order valence-electron chi connectivity index (χ2n) is 6.37. The van der Waals surface area contributed by atoms with Crippen molar-refractivity contribution >= 4 is 11.0 Å². The molecule has 3 aromatic rings. The van der Waals surface area contributed by atoms with Crippen LogP contribution in [0.15, 0.2) is 54.6 Å². The lowest BCUT2D eigenvalue weighted by Crippen LogP contribution is -2.17. The van der Waals surface area contributed by atoms with Gasteiger partial charge in [-0.3, -0.25) is 0 Å². The van der Waals surface area contributed by atoms with E-state index in [-0.39, 0.29) is 6.04 Å². The van der Waals surface area contributed by atoms with Crippen LogP contribution in [-0.4, -0.2) is 16.2 Å². The molecule has 0 fully saturated rings. The fraction of sp³-hybridized carbons (Fsp3) is 0.381. The average Bonchev–Trinajstić information content (AvgIpc) is 3.03. The predicted octanol–water partition coefficient (Wildman–Crippen LogP) is 4.70. The number of ether oxygens (including phenoxy) is 1. The fourth-order valence-corrected chi connectivity index (χ4v) is 3.09. The van der Waals surface area contributed by atoms with Crippen molar-refractivity contribution in [3.05, 3.63) is 60.4 Å². The summed E-state index contributed by atoms with van der Waals surface area (Å²) in [6, 6.07) is 18.2. The number of aryl methyl sites for hydroxylation is 1. The third-order valence-corrected chi connectivity index (χ3v) is 4.42. The van der Waals surface area contributed by atoms with Crippen molar-refractivity contribution in [1.82, 2.24) is 9.55 Å². The Kier molecular flexibility index (Phi) is 6.07. The minimum Gasteiger partial charge on any atom is -0.494 e. The highest BCUT2D eigenvalue weighted by Crippen LogP contribution is 2.23. The van der Waals surface area contributed by atoms with E-state index in [0.29, 0.717) is 6.61 Å². The van der Waals surface area contributed by atoms with Gasteiger partial charge in [-0.25, -0.2) is 4.98 Å². The van der Waals surface area contributed by atoms with Crippen molar-refractivity contribution in [3.8, 4) is 5.75 Å². The van der Waals surface area contributed by atoms with Gasteiger partial charge in [0.05, 0.1) is 23.7 Å². The van der Waals surface area contributed by atoms with Gasteiger partial charge in [-0.15, -0.1) is 0 Å². The standard InChI is InChI=1S/C21H27N3O/c1-2-3-12-18(22)21-23-19-13-7-8-14-20(19)24(21)15-9-16-25-17-10-5-4-6-11-17/h4-8,10-11,13-14,18H,2-3,9,12,15-16,22H2,1H3. The van der Waals surface area contributed by atoms with Crippen LogP contribution in [0.4, 0.5) is 0 Å². The summed E-state index contributed by atoms with van der Waals surface area (Å²) in [5, 5.41) is 0. The van der Waals surface area contributed by atoms with Crippen molar-refractivity contribution in [1.29, 1.82) is 0 Å². The molecule has 1 atom stereocenters. The lowest BCUT2D eigenvalue weighted by molar-refractivity contribution is 0.301. The Morgan fingerprint density at radius 2 is 1.80 bits per heavy atom. The van der Waals surface area contributed by atoms with E-state index in [1.165, 1.54) is 0 Å². The van der Waals surface area contributed by atoms with Crippen LogP contribution < -0.4 is 10.5 Å². The van der Waals surface area contributed by atoms with E-state index in [9.17, 15) is 0 Å². The quantitative estimate of drug-likeness (QED) is 0.576. The van der Waals surface area contributed by atoms with Crippen LogP contribution in [0.2, 0.25) is 0 Å². The molecule has 0 amide bonds. The van der Waals surface area contributed by atoms with E-state index in [1.807, 2.05) is 36.4 Å². The molecule has 1 aromatic heterocycles. The number of fused-ring (bicyclic) bond motifs is 1. The topological polar surface area (TPSA) is 53.1 Å². The molecule has 2 N–H and O–H groups in total. The molecule has 3 rings (SSSR count). The molecule has 4 heteroatoms. The van der Waals surface area contributed by atoms with Crippen LogP contribution >= 0.6 is 0 Å². The maximum absolute atomic E-state index is 6.43. The molecule has 1 heterocycles. The van der Waals surface area contributed by atoms with Crippen molar-refractivity contribution in [2.75, 3.05) is 6.61 Å². The van der Waals surface area contributed by atoms with Gasteiger partial charge in [0.2, 0.25) is 0 Å². The predicted molar refractivity (Wildman–Crippen MR) is 103 cm³/mol. The van der Waals surface area contributed by atoms with Gasteiger partial charge in [-0.2, -0.15) is 0 Å². The first-order chi connectivity index (χ1) is 12.3. The lowest BCUT2D eigenvalue weighted by Gasteiger charge is -2.15. The average molecular weight is 337 g/mol. The number of para-hydroxylation sites is 3. The summed E-state index contributed by atoms with van der Waals surface area (Å²) in [4.78, 5) is 4.80. The summed E-state index contributed by atoms with van der Waals surface area (Å²) in [6.07, 6.45) is 4.17. The molecule has 0 aliphatic rings. The van der Waals surface area contributed by atoms with Crippen molar-refractivity contribution in [3.63, 3.8) is 0 Å². The van der Waals surface area contributed by atoms with E-state index < -0.39 is 0 Å². The molecular formula is C21H27N3O. The summed E-state index contributed by atoms with van der Waals surface area (Å²) in [7, 11) is 0. The van der Waals surface area contributed by atoms with Crippen LogP contribution in [0.25, 0.3) is 11.0 Å². The molecule has 0 saturated carbocycles. The van der Waals surface area contributed by atoms with Crippen LogP contribution in [0.1, 0.15) is 44.5 Å². The zero-order valence-corrected chi connectivity index (χ0v) is 14.9. The number of aromatic nitrogens is 2. The first-order valence-corrected chi connectivity index (χ1v) is 9.18.